The van der Waals surface area contributed by atoms with E-state index in [1.54, 1.807) is 12.1 Å². The Labute approximate surface area is 173 Å². The maximum absolute atomic E-state index is 13.3. The minimum atomic E-state index is -0.207. The second-order valence-electron chi connectivity index (χ2n) is 8.16. The first-order chi connectivity index (χ1) is 14.2. The van der Waals surface area contributed by atoms with Crippen LogP contribution in [0, 0.1) is 23.6 Å². The molecule has 0 atom stereocenters. The molecule has 0 unspecified atom stereocenters. The van der Waals surface area contributed by atoms with E-state index in [2.05, 4.69) is 42.7 Å². The van der Waals surface area contributed by atoms with Crippen LogP contribution in [-0.2, 0) is 0 Å². The van der Waals surface area contributed by atoms with Gasteiger partial charge in [0.05, 0.1) is 0 Å². The van der Waals surface area contributed by atoms with Gasteiger partial charge in [-0.15, -0.1) is 6.58 Å². The van der Waals surface area contributed by atoms with E-state index in [0.29, 0.717) is 5.92 Å². The first kappa shape index (κ1) is 19.5. The molecule has 29 heavy (non-hydrogen) atoms. The van der Waals surface area contributed by atoms with Crippen molar-refractivity contribution < 1.29 is 4.39 Å². The van der Waals surface area contributed by atoms with Crippen molar-refractivity contribution in [3.05, 3.63) is 95.8 Å². The molecule has 1 heteroatoms. The summed E-state index contributed by atoms with van der Waals surface area (Å²) in [6, 6.07) is 19.5. The van der Waals surface area contributed by atoms with Crippen LogP contribution in [-0.4, -0.2) is 0 Å². The maximum Gasteiger partial charge on any atom is 0.123 e. The SMILES string of the molecule is C=CCCC1CCC(c2ccc(C#Cc3ccc4cc(F)ccc4c3)cc2)CC1. The molecular weight excluding hydrogens is 355 g/mol. The van der Waals surface area contributed by atoms with Crippen molar-refractivity contribution in [2.24, 2.45) is 5.92 Å². The van der Waals surface area contributed by atoms with Crippen molar-refractivity contribution in [3.63, 3.8) is 0 Å². The number of allylic oxidation sites excluding steroid dienone is 1. The zero-order valence-corrected chi connectivity index (χ0v) is 16.8. The lowest BCUT2D eigenvalue weighted by Gasteiger charge is -2.28. The molecular formula is C28H27F. The lowest BCUT2D eigenvalue weighted by atomic mass is 9.77. The lowest BCUT2D eigenvalue weighted by molar-refractivity contribution is 0.312. The highest BCUT2D eigenvalue weighted by atomic mass is 19.1. The van der Waals surface area contributed by atoms with E-state index in [-0.39, 0.29) is 5.82 Å². The van der Waals surface area contributed by atoms with Crippen LogP contribution in [0.4, 0.5) is 4.39 Å². The minimum Gasteiger partial charge on any atom is -0.207 e. The number of rotatable bonds is 4. The van der Waals surface area contributed by atoms with Gasteiger partial charge in [-0.1, -0.05) is 42.2 Å². The molecule has 0 aromatic heterocycles. The predicted octanol–water partition coefficient (Wildman–Crippen LogP) is 7.62. The van der Waals surface area contributed by atoms with Gasteiger partial charge in [0.25, 0.3) is 0 Å². The van der Waals surface area contributed by atoms with E-state index in [1.165, 1.54) is 43.7 Å². The first-order valence-corrected chi connectivity index (χ1v) is 10.6. The molecule has 0 aliphatic heterocycles. The van der Waals surface area contributed by atoms with Crippen LogP contribution in [0.2, 0.25) is 0 Å². The van der Waals surface area contributed by atoms with Crippen molar-refractivity contribution in [1.29, 1.82) is 0 Å². The second kappa shape index (κ2) is 9.10. The molecule has 1 fully saturated rings. The third-order valence-corrected chi connectivity index (χ3v) is 6.16. The highest BCUT2D eigenvalue weighted by molar-refractivity contribution is 5.83. The first-order valence-electron chi connectivity index (χ1n) is 10.6. The fraction of sp³-hybridized carbons (Fsp3) is 0.286. The minimum absolute atomic E-state index is 0.207. The zero-order chi connectivity index (χ0) is 20.1. The van der Waals surface area contributed by atoms with Gasteiger partial charge in [0.15, 0.2) is 0 Å². The fourth-order valence-electron chi connectivity index (χ4n) is 4.42. The summed E-state index contributed by atoms with van der Waals surface area (Å²) in [5.41, 5.74) is 3.43. The number of fused-ring (bicyclic) bond motifs is 1. The van der Waals surface area contributed by atoms with Crippen molar-refractivity contribution in [2.75, 3.05) is 0 Å². The topological polar surface area (TPSA) is 0 Å². The van der Waals surface area contributed by atoms with Crippen LogP contribution in [0.5, 0.6) is 0 Å². The zero-order valence-electron chi connectivity index (χ0n) is 16.8. The summed E-state index contributed by atoms with van der Waals surface area (Å²) in [4.78, 5) is 0. The summed E-state index contributed by atoms with van der Waals surface area (Å²) in [5, 5.41) is 1.91. The van der Waals surface area contributed by atoms with Gasteiger partial charge < -0.3 is 0 Å². The molecule has 3 aromatic rings. The van der Waals surface area contributed by atoms with Gasteiger partial charge in [-0.25, -0.2) is 4.39 Å². The molecule has 0 bridgehead atoms. The quantitative estimate of drug-likeness (QED) is 0.321. The summed E-state index contributed by atoms with van der Waals surface area (Å²) < 4.78 is 13.3. The van der Waals surface area contributed by atoms with Crippen molar-refractivity contribution in [2.45, 2.75) is 44.4 Å². The van der Waals surface area contributed by atoms with Crippen LogP contribution in [0.15, 0.2) is 73.3 Å². The lowest BCUT2D eigenvalue weighted by Crippen LogP contribution is -2.13. The van der Waals surface area contributed by atoms with E-state index in [9.17, 15) is 4.39 Å². The normalized spacial score (nSPS) is 18.8. The Balaban J connectivity index is 1.40. The van der Waals surface area contributed by atoms with Gasteiger partial charge in [0.1, 0.15) is 5.82 Å². The molecule has 146 valence electrons. The Hall–Kier alpha value is -2.85. The van der Waals surface area contributed by atoms with Crippen molar-refractivity contribution in [3.8, 4) is 11.8 Å². The average molecular weight is 383 g/mol. The standard InChI is InChI=1S/C28H27F/c1-2-3-4-21-7-12-24(13-8-21)25-14-9-22(10-15-25)5-6-23-11-16-27-20-28(29)18-17-26(27)19-23/h2,9-11,14-21,24H,1,3-4,7-8,12-13H2. The molecule has 1 saturated carbocycles. The van der Waals surface area contributed by atoms with Gasteiger partial charge in [-0.3, -0.25) is 0 Å². The third-order valence-electron chi connectivity index (χ3n) is 6.16. The van der Waals surface area contributed by atoms with Gasteiger partial charge in [-0.05, 0) is 103 Å². The molecule has 0 nitrogen and oxygen atoms in total. The largest absolute Gasteiger partial charge is 0.207 e. The molecule has 0 saturated heterocycles. The van der Waals surface area contributed by atoms with Crippen LogP contribution in [0.1, 0.15) is 61.1 Å². The van der Waals surface area contributed by atoms with Crippen LogP contribution in [0.25, 0.3) is 10.8 Å². The Kier molecular flexibility index (Phi) is 6.11. The number of hydrogen-bond acceptors (Lipinski definition) is 0. The Morgan fingerprint density at radius 2 is 1.48 bits per heavy atom. The molecule has 1 aliphatic rings. The molecule has 0 N–H and O–H groups in total. The summed E-state index contributed by atoms with van der Waals surface area (Å²) in [6.45, 7) is 3.84. The smallest absolute Gasteiger partial charge is 0.123 e. The Bertz CT molecular complexity index is 1040. The van der Waals surface area contributed by atoms with Crippen LogP contribution in [0.3, 0.4) is 0 Å². The molecule has 0 radical (unpaired) electrons. The average Bonchev–Trinajstić information content (AvgIpc) is 2.77. The Morgan fingerprint density at radius 3 is 2.24 bits per heavy atom. The summed E-state index contributed by atoms with van der Waals surface area (Å²) in [7, 11) is 0. The van der Waals surface area contributed by atoms with Crippen molar-refractivity contribution in [1.82, 2.24) is 0 Å². The second-order valence-corrected chi connectivity index (χ2v) is 8.16. The van der Waals surface area contributed by atoms with Gasteiger partial charge >= 0.3 is 0 Å². The molecule has 4 rings (SSSR count). The number of benzene rings is 3. The summed E-state index contributed by atoms with van der Waals surface area (Å²) in [6.07, 6.45) is 9.77. The van der Waals surface area contributed by atoms with E-state index in [4.69, 9.17) is 0 Å². The summed E-state index contributed by atoms with van der Waals surface area (Å²) in [5.74, 6) is 7.87. The van der Waals surface area contributed by atoms with Gasteiger partial charge in [0.2, 0.25) is 0 Å². The van der Waals surface area contributed by atoms with E-state index >= 15 is 0 Å². The fourth-order valence-corrected chi connectivity index (χ4v) is 4.42. The highest BCUT2D eigenvalue weighted by Crippen LogP contribution is 2.37. The molecule has 0 spiro atoms. The maximum atomic E-state index is 13.3. The number of hydrogen-bond donors (Lipinski definition) is 0. The van der Waals surface area contributed by atoms with E-state index in [0.717, 1.165) is 34.2 Å². The number of halogens is 1. The Morgan fingerprint density at radius 1 is 0.828 bits per heavy atom. The van der Waals surface area contributed by atoms with Gasteiger partial charge in [-0.2, -0.15) is 0 Å². The molecule has 3 aromatic carbocycles. The van der Waals surface area contributed by atoms with E-state index < -0.39 is 0 Å². The highest BCUT2D eigenvalue weighted by Gasteiger charge is 2.21. The van der Waals surface area contributed by atoms with Crippen LogP contribution >= 0.6 is 0 Å². The molecule has 1 aliphatic carbocycles. The van der Waals surface area contributed by atoms with E-state index in [1.807, 2.05) is 24.3 Å². The monoisotopic (exact) mass is 382 g/mol. The van der Waals surface area contributed by atoms with Crippen molar-refractivity contribution >= 4 is 10.8 Å². The molecule has 0 heterocycles. The van der Waals surface area contributed by atoms with Gasteiger partial charge in [0, 0.05) is 11.1 Å². The van der Waals surface area contributed by atoms with Crippen LogP contribution < -0.4 is 0 Å². The molecule has 0 amide bonds. The predicted molar refractivity (Wildman–Crippen MR) is 120 cm³/mol. The summed E-state index contributed by atoms with van der Waals surface area (Å²) >= 11 is 0. The third kappa shape index (κ3) is 4.96.